The summed E-state index contributed by atoms with van der Waals surface area (Å²) in [6.45, 7) is 0. The minimum atomic E-state index is -0.709. The third kappa shape index (κ3) is 4.96. The third-order valence-electron chi connectivity index (χ3n) is 12.9. The monoisotopic (exact) mass is 790 g/mol. The van der Waals surface area contributed by atoms with Crippen LogP contribution in [0.1, 0.15) is 22.3 Å². The first-order chi connectivity index (χ1) is 30.7. The fourth-order valence-corrected chi connectivity index (χ4v) is 10.2. The van der Waals surface area contributed by atoms with Gasteiger partial charge in [0.05, 0.1) is 5.41 Å². The fourth-order valence-electron chi connectivity index (χ4n) is 10.2. The molecule has 0 amide bonds. The van der Waals surface area contributed by atoms with Crippen molar-refractivity contribution in [2.75, 3.05) is 0 Å². The van der Waals surface area contributed by atoms with E-state index in [4.69, 9.17) is 19.4 Å². The van der Waals surface area contributed by atoms with Crippen LogP contribution in [0, 0.1) is 0 Å². The number of para-hydroxylation sites is 1. The van der Waals surface area contributed by atoms with Gasteiger partial charge in [-0.3, -0.25) is 4.98 Å². The summed E-state index contributed by atoms with van der Waals surface area (Å²) in [5.41, 5.74) is 18.0. The van der Waals surface area contributed by atoms with Gasteiger partial charge < -0.3 is 4.42 Å². The molecular weight excluding hydrogens is 757 g/mol. The van der Waals surface area contributed by atoms with Gasteiger partial charge in [-0.25, -0.2) is 15.0 Å². The lowest BCUT2D eigenvalue weighted by Crippen LogP contribution is -2.29. The Kier molecular flexibility index (Phi) is 7.45. The second-order valence-corrected chi connectivity index (χ2v) is 16.1. The predicted octanol–water partition coefficient (Wildman–Crippen LogP) is 13.8. The summed E-state index contributed by atoms with van der Waals surface area (Å²) < 4.78 is 6.56. The molecule has 8 aromatic carbocycles. The molecule has 11 aromatic rings. The largest absolute Gasteiger partial charge is 0.456 e. The average molecular weight is 791 g/mol. The number of furan rings is 1. The molecule has 2 aliphatic rings. The lowest BCUT2D eigenvalue weighted by atomic mass is 9.65. The van der Waals surface area contributed by atoms with Crippen molar-refractivity contribution in [3.8, 4) is 78.7 Å². The van der Waals surface area contributed by atoms with Gasteiger partial charge in [0, 0.05) is 39.9 Å². The van der Waals surface area contributed by atoms with Crippen molar-refractivity contribution >= 4 is 21.9 Å². The first kappa shape index (κ1) is 34.6. The van der Waals surface area contributed by atoms with Crippen LogP contribution in [-0.4, -0.2) is 19.9 Å². The van der Waals surface area contributed by atoms with E-state index in [2.05, 4.69) is 169 Å². The minimum absolute atomic E-state index is 0.608. The second-order valence-electron chi connectivity index (χ2n) is 16.1. The second kappa shape index (κ2) is 13.4. The van der Waals surface area contributed by atoms with Crippen LogP contribution < -0.4 is 0 Å². The Morgan fingerprint density at radius 1 is 0.355 bits per heavy atom. The zero-order valence-electron chi connectivity index (χ0n) is 33.3. The summed E-state index contributed by atoms with van der Waals surface area (Å²) in [7, 11) is 0. The van der Waals surface area contributed by atoms with Gasteiger partial charge in [0.25, 0.3) is 0 Å². The maximum Gasteiger partial charge on any atom is 0.164 e. The molecule has 2 aliphatic carbocycles. The standard InChI is InChI=1S/C57H34N4O/c1-2-13-36(14-3-1)54-59-55(37-26-24-35(25-27-37)39-15-12-32-58-34-39)61-56(60-54)38-28-29-43-41-17-5-4-16-40(41)42-18-6-9-21-46(42)57(49(43)33-38)47-22-10-7-19-44(47)52-48(57)30-31-51-53(52)45-20-8-11-23-50(45)62-51/h1-34H. The maximum atomic E-state index is 6.56. The normalized spacial score (nSPS) is 14.5. The maximum absolute atomic E-state index is 6.56. The number of rotatable bonds is 4. The van der Waals surface area contributed by atoms with Crippen LogP contribution in [0.5, 0.6) is 0 Å². The molecule has 1 spiro atoms. The Bertz CT molecular complexity index is 3580. The van der Waals surface area contributed by atoms with Crippen LogP contribution in [-0.2, 0) is 5.41 Å². The molecule has 0 radical (unpaired) electrons. The van der Waals surface area contributed by atoms with Gasteiger partial charge in [0.2, 0.25) is 0 Å². The van der Waals surface area contributed by atoms with Crippen molar-refractivity contribution in [2.45, 2.75) is 5.41 Å². The molecule has 3 heterocycles. The minimum Gasteiger partial charge on any atom is -0.456 e. The highest BCUT2D eigenvalue weighted by molar-refractivity contribution is 6.16. The molecule has 5 heteroatoms. The number of hydrogen-bond donors (Lipinski definition) is 0. The zero-order valence-corrected chi connectivity index (χ0v) is 33.3. The summed E-state index contributed by atoms with van der Waals surface area (Å²) in [6, 6.07) is 69.1. The van der Waals surface area contributed by atoms with E-state index < -0.39 is 5.41 Å². The van der Waals surface area contributed by atoms with Gasteiger partial charge in [-0.15, -0.1) is 0 Å². The molecule has 0 aliphatic heterocycles. The van der Waals surface area contributed by atoms with E-state index in [0.717, 1.165) is 49.8 Å². The topological polar surface area (TPSA) is 64.7 Å². The summed E-state index contributed by atoms with van der Waals surface area (Å²) >= 11 is 0. The number of nitrogens with zero attached hydrogens (tertiary/aromatic N) is 4. The van der Waals surface area contributed by atoms with E-state index in [-0.39, 0.29) is 0 Å². The average Bonchev–Trinajstić information content (AvgIpc) is 3.85. The Morgan fingerprint density at radius 2 is 0.919 bits per heavy atom. The number of aromatic nitrogens is 4. The molecule has 13 rings (SSSR count). The highest BCUT2D eigenvalue weighted by Gasteiger charge is 2.50. The smallest absolute Gasteiger partial charge is 0.164 e. The molecule has 0 N–H and O–H groups in total. The van der Waals surface area contributed by atoms with Crippen molar-refractivity contribution in [1.29, 1.82) is 0 Å². The van der Waals surface area contributed by atoms with E-state index in [1.165, 1.54) is 55.6 Å². The van der Waals surface area contributed by atoms with Crippen LogP contribution in [0.15, 0.2) is 211 Å². The van der Waals surface area contributed by atoms with E-state index >= 15 is 0 Å². The fraction of sp³-hybridized carbons (Fsp3) is 0.0175. The number of pyridine rings is 1. The Labute approximate surface area is 357 Å². The highest BCUT2D eigenvalue weighted by atomic mass is 16.3. The van der Waals surface area contributed by atoms with Crippen molar-refractivity contribution in [3.05, 3.63) is 229 Å². The van der Waals surface area contributed by atoms with E-state index in [0.29, 0.717) is 17.5 Å². The molecule has 62 heavy (non-hydrogen) atoms. The van der Waals surface area contributed by atoms with Crippen molar-refractivity contribution in [2.24, 2.45) is 0 Å². The van der Waals surface area contributed by atoms with Crippen LogP contribution in [0.25, 0.3) is 101 Å². The van der Waals surface area contributed by atoms with Crippen LogP contribution >= 0.6 is 0 Å². The van der Waals surface area contributed by atoms with Crippen LogP contribution in [0.3, 0.4) is 0 Å². The lowest BCUT2D eigenvalue weighted by Gasteiger charge is -2.35. The Hall–Kier alpha value is -8.28. The summed E-state index contributed by atoms with van der Waals surface area (Å²) in [6.07, 6.45) is 3.67. The molecule has 0 bridgehead atoms. The number of benzene rings is 8. The van der Waals surface area contributed by atoms with Gasteiger partial charge in [0.15, 0.2) is 17.5 Å². The van der Waals surface area contributed by atoms with Gasteiger partial charge >= 0.3 is 0 Å². The van der Waals surface area contributed by atoms with Crippen molar-refractivity contribution in [3.63, 3.8) is 0 Å². The van der Waals surface area contributed by atoms with Gasteiger partial charge in [-0.05, 0) is 91.0 Å². The van der Waals surface area contributed by atoms with E-state index in [1.54, 1.807) is 6.20 Å². The number of fused-ring (bicyclic) bond motifs is 16. The third-order valence-corrected chi connectivity index (χ3v) is 12.9. The lowest BCUT2D eigenvalue weighted by molar-refractivity contribution is 0.668. The molecule has 0 saturated heterocycles. The Morgan fingerprint density at radius 3 is 1.66 bits per heavy atom. The van der Waals surface area contributed by atoms with Crippen LogP contribution in [0.4, 0.5) is 0 Å². The molecular formula is C57H34N4O. The molecule has 3 aromatic heterocycles. The van der Waals surface area contributed by atoms with Gasteiger partial charge in [-0.2, -0.15) is 0 Å². The predicted molar refractivity (Wildman–Crippen MR) is 248 cm³/mol. The highest BCUT2D eigenvalue weighted by Crippen LogP contribution is 2.63. The zero-order chi connectivity index (χ0) is 40.8. The summed E-state index contributed by atoms with van der Waals surface area (Å²) in [4.78, 5) is 20.0. The SMILES string of the molecule is c1ccc(-c2nc(-c3ccc(-c4cccnc4)cc3)nc(-c3ccc4c(c3)C3(c5ccccc5-c5ccccc5-4)c4ccccc4-c4c3ccc3oc5ccccc5c43)n2)cc1. The van der Waals surface area contributed by atoms with Crippen molar-refractivity contribution < 1.29 is 4.42 Å². The first-order valence-corrected chi connectivity index (χ1v) is 21.0. The summed E-state index contributed by atoms with van der Waals surface area (Å²) in [5, 5.41) is 2.26. The molecule has 288 valence electrons. The molecule has 5 nitrogen and oxygen atoms in total. The molecule has 0 fully saturated rings. The van der Waals surface area contributed by atoms with Gasteiger partial charge in [0.1, 0.15) is 11.2 Å². The van der Waals surface area contributed by atoms with E-state index in [9.17, 15) is 0 Å². The van der Waals surface area contributed by atoms with E-state index in [1.807, 2.05) is 36.5 Å². The van der Waals surface area contributed by atoms with Crippen molar-refractivity contribution in [1.82, 2.24) is 19.9 Å². The summed E-state index contributed by atoms with van der Waals surface area (Å²) in [5.74, 6) is 1.84. The number of hydrogen-bond acceptors (Lipinski definition) is 5. The van der Waals surface area contributed by atoms with Gasteiger partial charge in [-0.1, -0.05) is 170 Å². The molecule has 1 atom stereocenters. The Balaban J connectivity index is 1.11. The molecule has 1 unspecified atom stereocenters. The van der Waals surface area contributed by atoms with Crippen LogP contribution in [0.2, 0.25) is 0 Å². The first-order valence-electron chi connectivity index (χ1n) is 21.0. The molecule has 0 saturated carbocycles. The quantitative estimate of drug-likeness (QED) is 0.178.